The van der Waals surface area contributed by atoms with E-state index in [1.54, 1.807) is 0 Å². The molecule has 1 atom stereocenters. The average Bonchev–Trinajstić information content (AvgIpc) is 2.82. The third-order valence-electron chi connectivity index (χ3n) is 7.05. The van der Waals surface area contributed by atoms with Gasteiger partial charge >= 0.3 is 5.97 Å². The molecule has 1 aromatic rings. The number of methoxy groups -OCH3 is 1. The second-order valence-electron chi connectivity index (χ2n) is 10.1. The van der Waals surface area contributed by atoms with Gasteiger partial charge in [-0.15, -0.1) is 0 Å². The average molecular weight is 445 g/mol. The van der Waals surface area contributed by atoms with Crippen LogP contribution in [0.3, 0.4) is 0 Å². The van der Waals surface area contributed by atoms with Crippen LogP contribution in [-0.4, -0.2) is 13.1 Å². The van der Waals surface area contributed by atoms with E-state index in [-0.39, 0.29) is 11.4 Å². The van der Waals surface area contributed by atoms with Crippen molar-refractivity contribution in [3.63, 3.8) is 0 Å². The number of rotatable bonds is 21. The van der Waals surface area contributed by atoms with Crippen molar-refractivity contribution in [2.75, 3.05) is 7.11 Å². The van der Waals surface area contributed by atoms with Crippen molar-refractivity contribution in [3.05, 3.63) is 35.9 Å². The normalized spacial score (nSPS) is 13.1. The number of hydrogen-bond donors (Lipinski definition) is 0. The number of carbonyl (C=O) groups excluding carboxylic acids is 1. The quantitative estimate of drug-likeness (QED) is 0.139. The molecule has 0 amide bonds. The Balaban J connectivity index is 2.06. The number of aryl methyl sites for hydroxylation is 1. The van der Waals surface area contributed by atoms with Crippen LogP contribution >= 0.6 is 0 Å². The number of ether oxygens (including phenoxy) is 1. The Hall–Kier alpha value is -1.31. The van der Waals surface area contributed by atoms with E-state index >= 15 is 0 Å². The van der Waals surface area contributed by atoms with Gasteiger partial charge < -0.3 is 4.74 Å². The standard InChI is InChI=1S/C30H52O2/c1-4-5-6-7-8-9-10-11-12-13-14-15-16-21-26-30(2,29(31)32-3)27-22-20-25-28-23-18-17-19-24-28/h17-19,23-24H,4-16,20-22,25-27H2,1-3H3. The lowest BCUT2D eigenvalue weighted by molar-refractivity contribution is -0.152. The molecule has 1 aromatic carbocycles. The van der Waals surface area contributed by atoms with Crippen molar-refractivity contribution in [3.8, 4) is 0 Å². The van der Waals surface area contributed by atoms with E-state index in [0.29, 0.717) is 0 Å². The van der Waals surface area contributed by atoms with Gasteiger partial charge in [-0.2, -0.15) is 0 Å². The molecule has 0 radical (unpaired) electrons. The monoisotopic (exact) mass is 444 g/mol. The van der Waals surface area contributed by atoms with Crippen molar-refractivity contribution in [2.45, 2.75) is 136 Å². The molecule has 0 aliphatic rings. The number of esters is 1. The second kappa shape index (κ2) is 19.2. The highest BCUT2D eigenvalue weighted by Gasteiger charge is 2.33. The first kappa shape index (κ1) is 28.7. The van der Waals surface area contributed by atoms with E-state index in [1.165, 1.54) is 96.1 Å². The molecule has 32 heavy (non-hydrogen) atoms. The minimum Gasteiger partial charge on any atom is -0.469 e. The maximum Gasteiger partial charge on any atom is 0.311 e. The lowest BCUT2D eigenvalue weighted by Gasteiger charge is -2.26. The van der Waals surface area contributed by atoms with Crippen LogP contribution in [0.1, 0.15) is 135 Å². The molecule has 184 valence electrons. The molecule has 0 fully saturated rings. The molecule has 0 bridgehead atoms. The molecule has 0 saturated heterocycles. The molecule has 0 aliphatic heterocycles. The molecule has 1 unspecified atom stereocenters. The van der Waals surface area contributed by atoms with Crippen LogP contribution in [0.25, 0.3) is 0 Å². The van der Waals surface area contributed by atoms with Gasteiger partial charge in [0.15, 0.2) is 0 Å². The number of carbonyl (C=O) groups is 1. The highest BCUT2D eigenvalue weighted by atomic mass is 16.5. The van der Waals surface area contributed by atoms with Gasteiger partial charge in [-0.3, -0.25) is 4.79 Å². The summed E-state index contributed by atoms with van der Waals surface area (Å²) in [5.41, 5.74) is 1.07. The van der Waals surface area contributed by atoms with E-state index in [2.05, 4.69) is 44.2 Å². The van der Waals surface area contributed by atoms with Gasteiger partial charge in [0.25, 0.3) is 0 Å². The van der Waals surface area contributed by atoms with Gasteiger partial charge in [-0.05, 0) is 38.2 Å². The number of unbranched alkanes of at least 4 members (excludes halogenated alkanes) is 14. The summed E-state index contributed by atoms with van der Waals surface area (Å²) in [6.07, 6.45) is 24.4. The first-order valence-corrected chi connectivity index (χ1v) is 13.7. The zero-order valence-electron chi connectivity index (χ0n) is 21.6. The predicted molar refractivity (Wildman–Crippen MR) is 139 cm³/mol. The molecule has 0 aromatic heterocycles. The molecule has 0 heterocycles. The second-order valence-corrected chi connectivity index (χ2v) is 10.1. The Bertz CT molecular complexity index is 553. The van der Waals surface area contributed by atoms with Crippen molar-refractivity contribution in [1.29, 1.82) is 0 Å². The lowest BCUT2D eigenvalue weighted by atomic mass is 9.79. The van der Waals surface area contributed by atoms with Crippen molar-refractivity contribution in [2.24, 2.45) is 5.41 Å². The molecule has 0 saturated carbocycles. The van der Waals surface area contributed by atoms with E-state index in [0.717, 1.165) is 38.5 Å². The van der Waals surface area contributed by atoms with Crippen molar-refractivity contribution in [1.82, 2.24) is 0 Å². The topological polar surface area (TPSA) is 26.3 Å². The van der Waals surface area contributed by atoms with Gasteiger partial charge in [0, 0.05) is 0 Å². The fraction of sp³-hybridized carbons (Fsp3) is 0.767. The van der Waals surface area contributed by atoms with Gasteiger partial charge in [0.1, 0.15) is 0 Å². The molecular weight excluding hydrogens is 392 g/mol. The molecule has 2 heteroatoms. The molecule has 1 rings (SSSR count). The minimum atomic E-state index is -0.317. The maximum absolute atomic E-state index is 12.4. The van der Waals surface area contributed by atoms with E-state index < -0.39 is 0 Å². The first-order chi connectivity index (χ1) is 15.6. The van der Waals surface area contributed by atoms with Gasteiger partial charge in [0.05, 0.1) is 12.5 Å². The van der Waals surface area contributed by atoms with Crippen molar-refractivity contribution < 1.29 is 9.53 Å². The summed E-state index contributed by atoms with van der Waals surface area (Å²) in [6, 6.07) is 10.6. The highest BCUT2D eigenvalue weighted by molar-refractivity contribution is 5.76. The van der Waals surface area contributed by atoms with Crippen LogP contribution in [0.2, 0.25) is 0 Å². The largest absolute Gasteiger partial charge is 0.469 e. The minimum absolute atomic E-state index is 0.0214. The third kappa shape index (κ3) is 14.0. The van der Waals surface area contributed by atoms with E-state index in [9.17, 15) is 4.79 Å². The summed E-state index contributed by atoms with van der Waals surface area (Å²) in [6.45, 7) is 4.40. The molecule has 2 nitrogen and oxygen atoms in total. The summed E-state index contributed by atoms with van der Waals surface area (Å²) in [7, 11) is 1.54. The molecule has 0 spiro atoms. The molecule has 0 aliphatic carbocycles. The fourth-order valence-corrected chi connectivity index (χ4v) is 4.77. The number of hydrogen-bond acceptors (Lipinski definition) is 2. The van der Waals surface area contributed by atoms with Gasteiger partial charge in [0.2, 0.25) is 0 Å². The Morgan fingerprint density at radius 3 is 1.59 bits per heavy atom. The third-order valence-corrected chi connectivity index (χ3v) is 7.05. The zero-order chi connectivity index (χ0) is 23.3. The van der Waals surface area contributed by atoms with Crippen LogP contribution in [0, 0.1) is 5.41 Å². The summed E-state index contributed by atoms with van der Waals surface area (Å²) >= 11 is 0. The first-order valence-electron chi connectivity index (χ1n) is 13.7. The Kier molecular flexibility index (Phi) is 17.2. The van der Waals surface area contributed by atoms with Crippen molar-refractivity contribution >= 4 is 5.97 Å². The van der Waals surface area contributed by atoms with Crippen LogP contribution in [-0.2, 0) is 16.0 Å². The van der Waals surface area contributed by atoms with Crippen LogP contribution in [0.5, 0.6) is 0 Å². The summed E-state index contributed by atoms with van der Waals surface area (Å²) in [5.74, 6) is -0.0214. The number of benzene rings is 1. The zero-order valence-corrected chi connectivity index (χ0v) is 21.6. The summed E-state index contributed by atoms with van der Waals surface area (Å²) < 4.78 is 5.16. The Labute approximate surface area is 199 Å². The van der Waals surface area contributed by atoms with Crippen LogP contribution in [0.4, 0.5) is 0 Å². The summed E-state index contributed by atoms with van der Waals surface area (Å²) in [4.78, 5) is 12.4. The Morgan fingerprint density at radius 1 is 0.688 bits per heavy atom. The molecule has 0 N–H and O–H groups in total. The van der Waals surface area contributed by atoms with Gasteiger partial charge in [-0.1, -0.05) is 134 Å². The molecular formula is C30H52O2. The lowest BCUT2D eigenvalue weighted by Crippen LogP contribution is -2.29. The highest BCUT2D eigenvalue weighted by Crippen LogP contribution is 2.32. The predicted octanol–water partition coefficient (Wildman–Crippen LogP) is 9.45. The Morgan fingerprint density at radius 2 is 1.12 bits per heavy atom. The van der Waals surface area contributed by atoms with E-state index in [1.807, 2.05) is 0 Å². The maximum atomic E-state index is 12.4. The van der Waals surface area contributed by atoms with Crippen LogP contribution < -0.4 is 0 Å². The van der Waals surface area contributed by atoms with Gasteiger partial charge in [-0.25, -0.2) is 0 Å². The summed E-state index contributed by atoms with van der Waals surface area (Å²) in [5, 5.41) is 0. The van der Waals surface area contributed by atoms with E-state index in [4.69, 9.17) is 4.74 Å². The SMILES string of the molecule is CCCCCCCCCCCCCCCCC(C)(CCCCc1ccccc1)C(=O)OC. The fourth-order valence-electron chi connectivity index (χ4n) is 4.77. The smallest absolute Gasteiger partial charge is 0.311 e. The van der Waals surface area contributed by atoms with Crippen LogP contribution in [0.15, 0.2) is 30.3 Å².